The van der Waals surface area contributed by atoms with Crippen LogP contribution in [0.4, 0.5) is 0 Å². The molecule has 4 N–H and O–H groups in total. The fourth-order valence-electron chi connectivity index (χ4n) is 2.24. The molecule has 2 unspecified atom stereocenters. The lowest BCUT2D eigenvalue weighted by Gasteiger charge is -2.23. The van der Waals surface area contributed by atoms with Crippen LogP contribution in [0.15, 0.2) is 12.5 Å². The highest BCUT2D eigenvalue weighted by molar-refractivity contribution is 5.03. The molecular formula is C10H17N3O. The smallest absolute Gasteiger partial charge is 0.111 e. The van der Waals surface area contributed by atoms with Crippen molar-refractivity contribution in [3.05, 3.63) is 18.2 Å². The Hall–Kier alpha value is -0.870. The van der Waals surface area contributed by atoms with Gasteiger partial charge in [-0.15, -0.1) is 0 Å². The zero-order valence-electron chi connectivity index (χ0n) is 8.19. The van der Waals surface area contributed by atoms with E-state index in [-0.39, 0.29) is 6.04 Å². The van der Waals surface area contributed by atoms with Gasteiger partial charge in [-0.25, -0.2) is 4.98 Å². The van der Waals surface area contributed by atoms with Crippen molar-refractivity contribution in [3.8, 4) is 0 Å². The van der Waals surface area contributed by atoms with E-state index in [1.54, 1.807) is 12.5 Å². The summed E-state index contributed by atoms with van der Waals surface area (Å²) in [6.45, 7) is 0. The second-order valence-corrected chi connectivity index (χ2v) is 4.07. The number of nitrogens with two attached hydrogens (primary N) is 1. The quantitative estimate of drug-likeness (QED) is 0.672. The summed E-state index contributed by atoms with van der Waals surface area (Å²) in [7, 11) is 0. The Morgan fingerprint density at radius 1 is 1.50 bits per heavy atom. The monoisotopic (exact) mass is 195 g/mol. The van der Waals surface area contributed by atoms with Gasteiger partial charge in [0.1, 0.15) is 6.10 Å². The molecule has 0 aromatic carbocycles. The van der Waals surface area contributed by atoms with Crippen molar-refractivity contribution in [3.63, 3.8) is 0 Å². The van der Waals surface area contributed by atoms with E-state index in [9.17, 15) is 5.11 Å². The van der Waals surface area contributed by atoms with Gasteiger partial charge in [-0.2, -0.15) is 0 Å². The normalized spacial score (nSPS) is 22.4. The molecule has 1 aromatic heterocycles. The standard InChI is InChI=1S/C10H17N3O/c11-9(7-3-1-2-4-7)10(14)8-5-12-6-13-8/h5-7,9-10,14H,1-4,11H2,(H,12,13). The fraction of sp³-hybridized carbons (Fsp3) is 0.700. The van der Waals surface area contributed by atoms with Crippen LogP contribution >= 0.6 is 0 Å². The van der Waals surface area contributed by atoms with Crippen molar-refractivity contribution in [2.45, 2.75) is 37.8 Å². The average Bonchev–Trinajstić information content (AvgIpc) is 2.87. The third-order valence-electron chi connectivity index (χ3n) is 3.15. The highest BCUT2D eigenvalue weighted by atomic mass is 16.3. The zero-order valence-corrected chi connectivity index (χ0v) is 8.19. The Balaban J connectivity index is 2.00. The maximum atomic E-state index is 9.94. The molecular weight excluding hydrogens is 178 g/mol. The van der Waals surface area contributed by atoms with Gasteiger partial charge in [-0.3, -0.25) is 0 Å². The van der Waals surface area contributed by atoms with Crippen molar-refractivity contribution in [1.29, 1.82) is 0 Å². The van der Waals surface area contributed by atoms with Crippen molar-refractivity contribution in [2.24, 2.45) is 11.7 Å². The Labute approximate surface area is 83.5 Å². The molecule has 4 nitrogen and oxygen atoms in total. The lowest BCUT2D eigenvalue weighted by molar-refractivity contribution is 0.115. The van der Waals surface area contributed by atoms with Crippen LogP contribution in [0.5, 0.6) is 0 Å². The van der Waals surface area contributed by atoms with Gasteiger partial charge in [0, 0.05) is 6.04 Å². The number of imidazole rings is 1. The molecule has 0 spiro atoms. The molecule has 14 heavy (non-hydrogen) atoms. The van der Waals surface area contributed by atoms with Gasteiger partial charge in [0.15, 0.2) is 0 Å². The summed E-state index contributed by atoms with van der Waals surface area (Å²) in [5.74, 6) is 0.466. The molecule has 1 aromatic rings. The molecule has 1 fully saturated rings. The number of aliphatic hydroxyl groups excluding tert-OH is 1. The molecule has 0 amide bonds. The van der Waals surface area contributed by atoms with E-state index in [2.05, 4.69) is 9.97 Å². The number of aromatic nitrogens is 2. The molecule has 1 heterocycles. The second kappa shape index (κ2) is 4.11. The Morgan fingerprint density at radius 2 is 2.21 bits per heavy atom. The van der Waals surface area contributed by atoms with E-state index in [1.807, 2.05) is 0 Å². The van der Waals surface area contributed by atoms with E-state index >= 15 is 0 Å². The van der Waals surface area contributed by atoms with Crippen LogP contribution in [0.2, 0.25) is 0 Å². The van der Waals surface area contributed by atoms with Crippen LogP contribution in [-0.4, -0.2) is 21.1 Å². The predicted octanol–water partition coefficient (Wildman–Crippen LogP) is 0.961. The summed E-state index contributed by atoms with van der Waals surface area (Å²) in [6, 6.07) is -0.155. The molecule has 1 aliphatic carbocycles. The summed E-state index contributed by atoms with van der Waals surface area (Å²) in [4.78, 5) is 6.78. The molecule has 4 heteroatoms. The first-order valence-corrected chi connectivity index (χ1v) is 5.21. The molecule has 2 atom stereocenters. The van der Waals surface area contributed by atoms with Gasteiger partial charge in [-0.05, 0) is 18.8 Å². The van der Waals surface area contributed by atoms with E-state index in [0.29, 0.717) is 5.92 Å². The minimum absolute atomic E-state index is 0.155. The molecule has 2 rings (SSSR count). The third-order valence-corrected chi connectivity index (χ3v) is 3.15. The van der Waals surface area contributed by atoms with Crippen molar-refractivity contribution >= 4 is 0 Å². The summed E-state index contributed by atoms with van der Waals surface area (Å²) in [6.07, 6.45) is 7.39. The number of aliphatic hydroxyl groups is 1. The largest absolute Gasteiger partial charge is 0.385 e. The molecule has 0 saturated heterocycles. The van der Waals surface area contributed by atoms with Gasteiger partial charge < -0.3 is 15.8 Å². The molecule has 0 bridgehead atoms. The van der Waals surface area contributed by atoms with E-state index < -0.39 is 6.10 Å². The number of nitrogens with zero attached hydrogens (tertiary/aromatic N) is 1. The Kier molecular flexibility index (Phi) is 2.84. The predicted molar refractivity (Wildman–Crippen MR) is 53.5 cm³/mol. The lowest BCUT2D eigenvalue weighted by Crippen LogP contribution is -2.35. The maximum Gasteiger partial charge on any atom is 0.111 e. The number of aromatic amines is 1. The Bertz CT molecular complexity index is 267. The highest BCUT2D eigenvalue weighted by Gasteiger charge is 2.28. The minimum atomic E-state index is -0.597. The summed E-state index contributed by atoms with van der Waals surface area (Å²) in [5.41, 5.74) is 6.74. The van der Waals surface area contributed by atoms with E-state index in [4.69, 9.17) is 5.73 Å². The number of rotatable bonds is 3. The highest BCUT2D eigenvalue weighted by Crippen LogP contribution is 2.31. The number of nitrogens with one attached hydrogen (secondary N) is 1. The van der Waals surface area contributed by atoms with Crippen LogP contribution in [0.25, 0.3) is 0 Å². The Morgan fingerprint density at radius 3 is 2.79 bits per heavy atom. The number of hydrogen-bond acceptors (Lipinski definition) is 3. The van der Waals surface area contributed by atoms with Crippen LogP contribution in [-0.2, 0) is 0 Å². The maximum absolute atomic E-state index is 9.94. The topological polar surface area (TPSA) is 74.9 Å². The molecule has 0 aliphatic heterocycles. The zero-order chi connectivity index (χ0) is 9.97. The first kappa shape index (κ1) is 9.68. The number of H-pyrrole nitrogens is 1. The number of hydrogen-bond donors (Lipinski definition) is 3. The van der Waals surface area contributed by atoms with Crippen LogP contribution < -0.4 is 5.73 Å². The first-order valence-electron chi connectivity index (χ1n) is 5.21. The van der Waals surface area contributed by atoms with Crippen molar-refractivity contribution in [2.75, 3.05) is 0 Å². The van der Waals surface area contributed by atoms with Crippen LogP contribution in [0.3, 0.4) is 0 Å². The average molecular weight is 195 g/mol. The van der Waals surface area contributed by atoms with Crippen LogP contribution in [0, 0.1) is 5.92 Å². The van der Waals surface area contributed by atoms with Crippen molar-refractivity contribution < 1.29 is 5.11 Å². The van der Waals surface area contributed by atoms with E-state index in [0.717, 1.165) is 18.5 Å². The van der Waals surface area contributed by atoms with Gasteiger partial charge in [-0.1, -0.05) is 12.8 Å². The third kappa shape index (κ3) is 1.81. The molecule has 78 valence electrons. The summed E-state index contributed by atoms with van der Waals surface area (Å²) >= 11 is 0. The van der Waals surface area contributed by atoms with Crippen molar-refractivity contribution in [1.82, 2.24) is 9.97 Å². The van der Waals surface area contributed by atoms with Gasteiger partial charge in [0.05, 0.1) is 18.2 Å². The second-order valence-electron chi connectivity index (χ2n) is 4.07. The van der Waals surface area contributed by atoms with Crippen LogP contribution in [0.1, 0.15) is 37.5 Å². The summed E-state index contributed by atoms with van der Waals surface area (Å²) in [5, 5.41) is 9.94. The first-order chi connectivity index (χ1) is 6.79. The SMILES string of the molecule is NC(C1CCCC1)C(O)c1cnc[nH]1. The fourth-order valence-corrected chi connectivity index (χ4v) is 2.24. The van der Waals surface area contributed by atoms with E-state index in [1.165, 1.54) is 12.8 Å². The molecule has 0 radical (unpaired) electrons. The minimum Gasteiger partial charge on any atom is -0.385 e. The van der Waals surface area contributed by atoms with Gasteiger partial charge in [0.2, 0.25) is 0 Å². The summed E-state index contributed by atoms with van der Waals surface area (Å²) < 4.78 is 0. The van der Waals surface area contributed by atoms with Gasteiger partial charge >= 0.3 is 0 Å². The lowest BCUT2D eigenvalue weighted by atomic mass is 9.93. The molecule has 1 saturated carbocycles. The molecule has 1 aliphatic rings. The van der Waals surface area contributed by atoms with Gasteiger partial charge in [0.25, 0.3) is 0 Å².